The normalized spacial score (nSPS) is 24.6. The molecule has 2 amide bonds. The van der Waals surface area contributed by atoms with Gasteiger partial charge in [0, 0.05) is 18.1 Å². The van der Waals surface area contributed by atoms with E-state index in [2.05, 4.69) is 10.6 Å². The van der Waals surface area contributed by atoms with Crippen molar-refractivity contribution < 1.29 is 18.7 Å². The molecule has 6 heteroatoms. The number of ether oxygens (including phenoxy) is 1. The Morgan fingerprint density at radius 1 is 1.43 bits per heavy atom. The Bertz CT molecular complexity index is 591. The fraction of sp³-hybridized carbons (Fsp3) is 0.647. The first-order valence-electron chi connectivity index (χ1n) is 8.30. The maximum absolute atomic E-state index is 12.1. The topological polar surface area (TPSA) is 80.6 Å². The first-order chi connectivity index (χ1) is 11.1. The molecule has 3 rings (SSSR count). The number of furan rings is 1. The number of aryl methyl sites for hydroxylation is 1. The van der Waals surface area contributed by atoms with Gasteiger partial charge in [-0.2, -0.15) is 0 Å². The highest BCUT2D eigenvalue weighted by Crippen LogP contribution is 2.57. The number of hydrogen-bond donors (Lipinski definition) is 2. The van der Waals surface area contributed by atoms with Crippen LogP contribution in [0.15, 0.2) is 16.7 Å². The van der Waals surface area contributed by atoms with E-state index in [4.69, 9.17) is 9.15 Å². The lowest BCUT2D eigenvalue weighted by Crippen LogP contribution is -2.68. The van der Waals surface area contributed by atoms with Crippen molar-refractivity contribution in [2.24, 2.45) is 5.41 Å². The smallest absolute Gasteiger partial charge is 0.255 e. The van der Waals surface area contributed by atoms with Crippen LogP contribution < -0.4 is 10.6 Å². The lowest BCUT2D eigenvalue weighted by molar-refractivity contribution is -0.175. The van der Waals surface area contributed by atoms with E-state index < -0.39 is 0 Å². The molecule has 1 spiro atoms. The van der Waals surface area contributed by atoms with Crippen LogP contribution in [0.2, 0.25) is 0 Å². The summed E-state index contributed by atoms with van der Waals surface area (Å²) in [6.45, 7) is 4.42. The second-order valence-corrected chi connectivity index (χ2v) is 6.46. The highest BCUT2D eigenvalue weighted by molar-refractivity contribution is 5.97. The first-order valence-corrected chi connectivity index (χ1v) is 8.30. The van der Waals surface area contributed by atoms with Crippen LogP contribution in [-0.2, 0) is 9.53 Å². The standard InChI is InChI=1S/C17H24N2O4/c1-3-22-14-9-13(17(14)6-4-7-17)19-15(20)10-18-16(21)12-5-8-23-11(12)2/h5,8,13-14H,3-4,6-7,9-10H2,1-2H3,(H,18,21)(H,19,20)/t13-,14-/m0/s1. The number of hydrogen-bond acceptors (Lipinski definition) is 4. The first kappa shape index (κ1) is 16.1. The number of amides is 2. The summed E-state index contributed by atoms with van der Waals surface area (Å²) < 4.78 is 10.9. The number of rotatable bonds is 6. The summed E-state index contributed by atoms with van der Waals surface area (Å²) in [6, 6.07) is 1.78. The molecule has 0 radical (unpaired) electrons. The quantitative estimate of drug-likeness (QED) is 0.837. The molecule has 2 fully saturated rings. The predicted octanol–water partition coefficient (Wildman–Crippen LogP) is 1.78. The maximum Gasteiger partial charge on any atom is 0.255 e. The van der Waals surface area contributed by atoms with Gasteiger partial charge in [0.25, 0.3) is 5.91 Å². The summed E-state index contributed by atoms with van der Waals surface area (Å²) in [6.07, 6.45) is 6.04. The molecule has 1 aromatic heterocycles. The molecular weight excluding hydrogens is 296 g/mol. The third-order valence-electron chi connectivity index (χ3n) is 5.29. The molecule has 2 N–H and O–H groups in total. The molecule has 0 aromatic carbocycles. The Morgan fingerprint density at radius 3 is 2.78 bits per heavy atom. The van der Waals surface area contributed by atoms with E-state index in [-0.39, 0.29) is 35.9 Å². The van der Waals surface area contributed by atoms with Crippen molar-refractivity contribution in [3.05, 3.63) is 23.7 Å². The summed E-state index contributed by atoms with van der Waals surface area (Å²) >= 11 is 0. The average Bonchev–Trinajstić information content (AvgIpc) is 2.88. The highest BCUT2D eigenvalue weighted by Gasteiger charge is 2.59. The molecule has 0 bridgehead atoms. The monoisotopic (exact) mass is 320 g/mol. The molecule has 0 saturated heterocycles. The van der Waals surface area contributed by atoms with E-state index in [0.29, 0.717) is 17.9 Å². The molecule has 1 heterocycles. The zero-order valence-electron chi connectivity index (χ0n) is 13.7. The lowest BCUT2D eigenvalue weighted by Gasteiger charge is -2.61. The summed E-state index contributed by atoms with van der Waals surface area (Å²) in [5.74, 6) is 0.117. The zero-order chi connectivity index (χ0) is 16.4. The molecule has 0 aliphatic heterocycles. The maximum atomic E-state index is 12.1. The largest absolute Gasteiger partial charge is 0.469 e. The van der Waals surface area contributed by atoms with E-state index in [9.17, 15) is 9.59 Å². The van der Waals surface area contributed by atoms with E-state index in [1.165, 1.54) is 12.7 Å². The molecule has 0 unspecified atom stereocenters. The summed E-state index contributed by atoms with van der Waals surface area (Å²) in [5, 5.41) is 5.69. The minimum Gasteiger partial charge on any atom is -0.469 e. The number of carbonyl (C=O) groups is 2. The van der Waals surface area contributed by atoms with Gasteiger partial charge in [-0.1, -0.05) is 6.42 Å². The molecule has 2 aliphatic carbocycles. The SMILES string of the molecule is CCO[C@H]1C[C@H](NC(=O)CNC(=O)c2ccoc2C)C12CCC2. The Labute approximate surface area is 135 Å². The fourth-order valence-corrected chi connectivity index (χ4v) is 3.76. The van der Waals surface area contributed by atoms with Crippen molar-refractivity contribution in [1.29, 1.82) is 0 Å². The summed E-state index contributed by atoms with van der Waals surface area (Å²) in [7, 11) is 0. The second-order valence-electron chi connectivity index (χ2n) is 6.46. The van der Waals surface area contributed by atoms with Gasteiger partial charge < -0.3 is 19.8 Å². The molecule has 2 aliphatic rings. The van der Waals surface area contributed by atoms with Gasteiger partial charge in [0.1, 0.15) is 5.76 Å². The second kappa shape index (κ2) is 6.35. The lowest BCUT2D eigenvalue weighted by atomic mass is 9.51. The van der Waals surface area contributed by atoms with E-state index in [0.717, 1.165) is 19.3 Å². The van der Waals surface area contributed by atoms with Crippen LogP contribution in [0.5, 0.6) is 0 Å². The van der Waals surface area contributed by atoms with Gasteiger partial charge in [0.15, 0.2) is 0 Å². The van der Waals surface area contributed by atoms with Crippen LogP contribution in [0.3, 0.4) is 0 Å². The van der Waals surface area contributed by atoms with Gasteiger partial charge in [-0.3, -0.25) is 9.59 Å². The molecule has 6 nitrogen and oxygen atoms in total. The molecule has 23 heavy (non-hydrogen) atoms. The predicted molar refractivity (Wildman–Crippen MR) is 84.0 cm³/mol. The summed E-state index contributed by atoms with van der Waals surface area (Å²) in [4.78, 5) is 24.1. The zero-order valence-corrected chi connectivity index (χ0v) is 13.7. The van der Waals surface area contributed by atoms with Gasteiger partial charge >= 0.3 is 0 Å². The molecule has 2 saturated carbocycles. The van der Waals surface area contributed by atoms with Crippen LogP contribution in [0.25, 0.3) is 0 Å². The summed E-state index contributed by atoms with van der Waals surface area (Å²) in [5.41, 5.74) is 0.602. The van der Waals surface area contributed by atoms with Crippen LogP contribution >= 0.6 is 0 Å². The van der Waals surface area contributed by atoms with Gasteiger partial charge in [-0.05, 0) is 39.2 Å². The molecule has 126 valence electrons. The highest BCUT2D eigenvalue weighted by atomic mass is 16.5. The molecule has 2 atom stereocenters. The van der Waals surface area contributed by atoms with Crippen LogP contribution in [-0.4, -0.2) is 37.1 Å². The van der Waals surface area contributed by atoms with Gasteiger partial charge in [0.2, 0.25) is 5.91 Å². The number of carbonyl (C=O) groups excluding carboxylic acids is 2. The van der Waals surface area contributed by atoms with E-state index >= 15 is 0 Å². The van der Waals surface area contributed by atoms with Crippen molar-refractivity contribution in [2.45, 2.75) is 51.7 Å². The minimum absolute atomic E-state index is 0.0185. The minimum atomic E-state index is -0.287. The third-order valence-corrected chi connectivity index (χ3v) is 5.29. The van der Waals surface area contributed by atoms with E-state index in [1.807, 2.05) is 6.92 Å². The Balaban J connectivity index is 1.47. The van der Waals surface area contributed by atoms with Crippen molar-refractivity contribution in [3.63, 3.8) is 0 Å². The molecule has 1 aromatic rings. The Kier molecular flexibility index (Phi) is 4.43. The molecular formula is C17H24N2O4. The van der Waals surface area contributed by atoms with Crippen LogP contribution in [0.1, 0.15) is 48.7 Å². The Morgan fingerprint density at radius 2 is 2.22 bits per heavy atom. The number of nitrogens with one attached hydrogen (secondary N) is 2. The van der Waals surface area contributed by atoms with Crippen LogP contribution in [0, 0.1) is 12.3 Å². The van der Waals surface area contributed by atoms with Gasteiger partial charge in [-0.25, -0.2) is 0 Å². The van der Waals surface area contributed by atoms with Crippen molar-refractivity contribution in [2.75, 3.05) is 13.2 Å². The van der Waals surface area contributed by atoms with Crippen molar-refractivity contribution >= 4 is 11.8 Å². The van der Waals surface area contributed by atoms with Crippen molar-refractivity contribution in [1.82, 2.24) is 10.6 Å². The van der Waals surface area contributed by atoms with Gasteiger partial charge in [0.05, 0.1) is 24.5 Å². The fourth-order valence-electron chi connectivity index (χ4n) is 3.76. The Hall–Kier alpha value is -1.82. The van der Waals surface area contributed by atoms with Crippen molar-refractivity contribution in [3.8, 4) is 0 Å². The average molecular weight is 320 g/mol. The van der Waals surface area contributed by atoms with Crippen LogP contribution in [0.4, 0.5) is 0 Å². The van der Waals surface area contributed by atoms with Gasteiger partial charge in [-0.15, -0.1) is 0 Å². The third kappa shape index (κ3) is 2.87. The van der Waals surface area contributed by atoms with E-state index in [1.54, 1.807) is 13.0 Å².